The minimum atomic E-state index is 0. The van der Waals surface area contributed by atoms with Crippen molar-refractivity contribution in [3.05, 3.63) is 118 Å². The summed E-state index contributed by atoms with van der Waals surface area (Å²) in [6, 6.07) is 12.8. The molecule has 264 valence electrons. The lowest BCUT2D eigenvalue weighted by atomic mass is 10.1. The fourth-order valence-corrected chi connectivity index (χ4v) is 8.18. The number of nitrogens with zero attached hydrogens (tertiary/aromatic N) is 4. The summed E-state index contributed by atoms with van der Waals surface area (Å²) in [6.07, 6.45) is 16.7. The Hall–Kier alpha value is -3.40. The fraction of sp³-hybridized carbons (Fsp3) is 0.545. The Morgan fingerprint density at radius 2 is 0.688 bits per heavy atom. The molecule has 8 unspecified atom stereocenters. The molecule has 0 fully saturated rings. The van der Waals surface area contributed by atoms with Crippen LogP contribution in [-0.4, -0.2) is 19.9 Å². The molecule has 4 heterocycles. The molecule has 0 saturated carbocycles. The van der Waals surface area contributed by atoms with Crippen molar-refractivity contribution in [3.8, 4) is 0 Å². The van der Waals surface area contributed by atoms with Crippen molar-refractivity contribution in [2.24, 2.45) is 0 Å². The first-order valence-corrected chi connectivity index (χ1v) is 16.9. The lowest BCUT2D eigenvalue weighted by Crippen LogP contribution is -1.89. The Morgan fingerprint density at radius 1 is 0.375 bits per heavy atom. The number of hydrogen-bond donors (Lipinski definition) is 0. The monoisotopic (exact) mass is 653 g/mol. The Kier molecular flexibility index (Phi) is 16.8. The maximum absolute atomic E-state index is 4.39. The van der Waals surface area contributed by atoms with Crippen LogP contribution in [0.3, 0.4) is 0 Å². The van der Waals surface area contributed by atoms with Crippen LogP contribution in [-0.2, 0) is 0 Å². The Morgan fingerprint density at radius 3 is 1.02 bits per heavy atom. The second-order valence-electron chi connectivity index (χ2n) is 14.1. The van der Waals surface area contributed by atoms with Gasteiger partial charge in [-0.15, -0.1) is 0 Å². The summed E-state index contributed by atoms with van der Waals surface area (Å²) in [5.74, 6) is 5.68. The molecular weight excluding hydrogens is 585 g/mol. The van der Waals surface area contributed by atoms with E-state index in [1.165, 1.54) is 70.5 Å². The third-order valence-electron chi connectivity index (χ3n) is 10.5. The Balaban J connectivity index is 0.000000311. The van der Waals surface area contributed by atoms with Crippen LogP contribution in [0.4, 0.5) is 0 Å². The van der Waals surface area contributed by atoms with Gasteiger partial charge in [-0.1, -0.05) is 97.2 Å². The van der Waals surface area contributed by atoms with Crippen molar-refractivity contribution in [3.63, 3.8) is 0 Å². The van der Waals surface area contributed by atoms with Crippen LogP contribution in [0.2, 0.25) is 0 Å². The molecule has 48 heavy (non-hydrogen) atoms. The first kappa shape index (κ1) is 42.6. The molecule has 4 aliphatic carbocycles. The zero-order valence-electron chi connectivity index (χ0n) is 28.2. The minimum absolute atomic E-state index is 0. The van der Waals surface area contributed by atoms with Gasteiger partial charge in [0.1, 0.15) is 0 Å². The van der Waals surface area contributed by atoms with Crippen molar-refractivity contribution in [1.29, 1.82) is 0 Å². The van der Waals surface area contributed by atoms with Crippen molar-refractivity contribution in [2.45, 2.75) is 158 Å². The van der Waals surface area contributed by atoms with E-state index < -0.39 is 0 Å². The zero-order chi connectivity index (χ0) is 31.4. The van der Waals surface area contributed by atoms with Crippen LogP contribution in [0.1, 0.15) is 203 Å². The number of hydrogen-bond acceptors (Lipinski definition) is 4. The highest BCUT2D eigenvalue weighted by Gasteiger charge is 2.27. The lowest BCUT2D eigenvalue weighted by Gasteiger charge is -2.01. The first-order valence-electron chi connectivity index (χ1n) is 16.9. The number of pyridine rings is 4. The second-order valence-corrected chi connectivity index (χ2v) is 14.1. The lowest BCUT2D eigenvalue weighted by molar-refractivity contribution is 0.655. The molecule has 0 saturated heterocycles. The fourth-order valence-electron chi connectivity index (χ4n) is 8.18. The van der Waals surface area contributed by atoms with Gasteiger partial charge in [0.2, 0.25) is 0 Å². The first-order chi connectivity index (χ1) is 21.2. The second kappa shape index (κ2) is 19.0. The normalized spacial score (nSPS) is 26.2. The van der Waals surface area contributed by atoms with Gasteiger partial charge in [-0.25, -0.2) is 0 Å². The number of fused-ring (bicyclic) bond motifs is 4. The predicted molar refractivity (Wildman–Crippen MR) is 210 cm³/mol. The van der Waals surface area contributed by atoms with E-state index in [0.717, 1.165) is 11.8 Å². The molecule has 0 aliphatic heterocycles. The summed E-state index contributed by atoms with van der Waals surface area (Å²) < 4.78 is 0. The molecule has 4 aromatic heterocycles. The summed E-state index contributed by atoms with van der Waals surface area (Å²) in [5, 5.41) is 0. The molecule has 0 aromatic carbocycles. The third kappa shape index (κ3) is 9.39. The molecule has 8 atom stereocenters. The van der Waals surface area contributed by atoms with Gasteiger partial charge in [-0.2, -0.15) is 0 Å². The maximum atomic E-state index is 4.39. The van der Waals surface area contributed by atoms with Crippen molar-refractivity contribution < 1.29 is 0 Å². The van der Waals surface area contributed by atoms with Gasteiger partial charge in [0, 0.05) is 48.6 Å². The van der Waals surface area contributed by atoms with E-state index in [1.54, 1.807) is 0 Å². The van der Waals surface area contributed by atoms with E-state index in [-0.39, 0.29) is 29.7 Å². The number of aromatic nitrogens is 4. The van der Waals surface area contributed by atoms with E-state index in [9.17, 15) is 0 Å². The molecule has 0 bridgehead atoms. The summed E-state index contributed by atoms with van der Waals surface area (Å²) in [4.78, 5) is 17.1. The van der Waals surface area contributed by atoms with E-state index in [4.69, 9.17) is 0 Å². The summed E-state index contributed by atoms with van der Waals surface area (Å²) >= 11 is 0. The maximum Gasteiger partial charge on any atom is 0.0466 e. The highest BCUT2D eigenvalue weighted by atomic mass is 14.7. The highest BCUT2D eigenvalue weighted by Crippen LogP contribution is 2.42. The third-order valence-corrected chi connectivity index (χ3v) is 10.5. The van der Waals surface area contributed by atoms with E-state index >= 15 is 0 Å². The van der Waals surface area contributed by atoms with Crippen molar-refractivity contribution in [2.75, 3.05) is 0 Å². The van der Waals surface area contributed by atoms with Crippen molar-refractivity contribution >= 4 is 0 Å². The van der Waals surface area contributed by atoms with E-state index in [1.807, 2.05) is 49.3 Å². The molecule has 0 amide bonds. The summed E-state index contributed by atoms with van der Waals surface area (Å²) in [7, 11) is 0. The zero-order valence-corrected chi connectivity index (χ0v) is 28.2. The smallest absolute Gasteiger partial charge is 0.0466 e. The van der Waals surface area contributed by atoms with Crippen LogP contribution in [0.15, 0.2) is 73.6 Å². The molecular formula is C44H68N4. The Bertz CT molecular complexity index is 1190. The van der Waals surface area contributed by atoms with Crippen LogP contribution in [0.25, 0.3) is 0 Å². The standard InChI is InChI=1S/4C10H13N.4CH4/c2*1-7-5-8(2)10-6-11-4-3-9(7)10;2*1-7-6-8(2)10-9(7)4-3-5-11-10;;;;/h2*3-4,6-8H,5H2,1-2H3;2*3-5,7-8H,6H2,1-2H3;4*1H4. The predicted octanol–water partition coefficient (Wildman–Crippen LogP) is 13.3. The molecule has 0 N–H and O–H groups in total. The molecule has 4 aliphatic rings. The average molecular weight is 653 g/mol. The highest BCUT2D eigenvalue weighted by molar-refractivity contribution is 5.36. The van der Waals surface area contributed by atoms with Crippen LogP contribution >= 0.6 is 0 Å². The number of rotatable bonds is 0. The van der Waals surface area contributed by atoms with Crippen molar-refractivity contribution in [1.82, 2.24) is 19.9 Å². The van der Waals surface area contributed by atoms with Crippen LogP contribution in [0, 0.1) is 0 Å². The van der Waals surface area contributed by atoms with E-state index in [2.05, 4.69) is 99.6 Å². The van der Waals surface area contributed by atoms with Gasteiger partial charge in [-0.3, -0.25) is 19.9 Å². The van der Waals surface area contributed by atoms with Gasteiger partial charge in [0.05, 0.1) is 0 Å². The summed E-state index contributed by atoms with van der Waals surface area (Å²) in [6.45, 7) is 18.2. The average Bonchev–Trinajstić information content (AvgIpc) is 3.71. The van der Waals surface area contributed by atoms with Gasteiger partial charge >= 0.3 is 0 Å². The topological polar surface area (TPSA) is 51.6 Å². The molecule has 4 aromatic rings. The van der Waals surface area contributed by atoms with Gasteiger partial charge in [-0.05, 0) is 131 Å². The van der Waals surface area contributed by atoms with Gasteiger partial charge in [0.15, 0.2) is 0 Å². The van der Waals surface area contributed by atoms with E-state index in [0.29, 0.717) is 35.5 Å². The minimum Gasteiger partial charge on any atom is -0.264 e. The van der Waals surface area contributed by atoms with Gasteiger partial charge < -0.3 is 0 Å². The quantitative estimate of drug-likeness (QED) is 0.190. The Labute approximate surface area is 295 Å². The SMILES string of the molecule is C.C.C.C.CC1CC(C)c2cnccc21.CC1CC(C)c2cnccc21.CC1CC(C)c2ncccc21.CC1CC(C)c2ncccc21. The molecule has 0 spiro atoms. The molecule has 4 nitrogen and oxygen atoms in total. The molecule has 4 heteroatoms. The summed E-state index contributed by atoms with van der Waals surface area (Å²) in [5.41, 5.74) is 11.5. The van der Waals surface area contributed by atoms with Gasteiger partial charge in [0.25, 0.3) is 0 Å². The van der Waals surface area contributed by atoms with Crippen LogP contribution < -0.4 is 0 Å². The largest absolute Gasteiger partial charge is 0.264 e. The molecule has 8 rings (SSSR count). The van der Waals surface area contributed by atoms with Crippen LogP contribution in [0.5, 0.6) is 0 Å². The molecule has 0 radical (unpaired) electrons.